The topological polar surface area (TPSA) is 147 Å². The largest absolute Gasteiger partial charge is 0.504 e. The summed E-state index contributed by atoms with van der Waals surface area (Å²) >= 11 is 0. The van der Waals surface area contributed by atoms with Gasteiger partial charge in [0.25, 0.3) is 0 Å². The van der Waals surface area contributed by atoms with Crippen LogP contribution in [0, 0.1) is 12.7 Å². The summed E-state index contributed by atoms with van der Waals surface area (Å²) < 4.78 is 56.8. The highest BCUT2D eigenvalue weighted by Crippen LogP contribution is 2.36. The van der Waals surface area contributed by atoms with E-state index in [4.69, 9.17) is 0 Å². The summed E-state index contributed by atoms with van der Waals surface area (Å²) in [5.41, 5.74) is 1.04. The predicted octanol–water partition coefficient (Wildman–Crippen LogP) is 4.09. The number of alkyl halides is 3. The van der Waals surface area contributed by atoms with Crippen LogP contribution in [0.5, 0.6) is 5.75 Å². The van der Waals surface area contributed by atoms with Crippen LogP contribution in [0.15, 0.2) is 60.8 Å². The molecule has 228 valence electrons. The second-order valence-electron chi connectivity index (χ2n) is 9.34. The van der Waals surface area contributed by atoms with Gasteiger partial charge >= 0.3 is 18.1 Å². The molecule has 0 bridgehead atoms. The number of amides is 2. The fraction of sp³-hybridized carbons (Fsp3) is 0.276. The molecule has 1 unspecified atom stereocenters. The molecular formula is C29H28F4N4O6. The number of hydrogen-bond acceptors (Lipinski definition) is 8. The van der Waals surface area contributed by atoms with E-state index in [1.54, 1.807) is 36.5 Å². The number of aromatic nitrogens is 1. The number of ether oxygens (including phenoxy) is 1. The molecule has 3 rings (SSSR count). The van der Waals surface area contributed by atoms with Gasteiger partial charge in [0.15, 0.2) is 11.6 Å². The standard InChI is InChI=1S/C29H28F4N4O6/c1-17-11-13-35-22(14-17)34-12-5-8-23(38)36-16-24(39)37-21(15-25(40)43-28(42)29(31,32)33)20-10-9-19(27(41)26(20)30)18-6-3-2-4-7-18/h2-4,6-7,9-11,13-14,21,41H,5,8,12,15-16H2,1H3,(H,34,35)(H,36,38)(H,37,39). The number of aromatic hydroxyl groups is 1. The zero-order chi connectivity index (χ0) is 31.6. The molecule has 0 saturated carbocycles. The smallest absolute Gasteiger partial charge is 0.491 e. The van der Waals surface area contributed by atoms with Crippen LogP contribution in [-0.4, -0.2) is 53.1 Å². The first-order chi connectivity index (χ1) is 20.3. The lowest BCUT2D eigenvalue weighted by Gasteiger charge is -2.20. The number of aryl methyl sites for hydroxylation is 1. The van der Waals surface area contributed by atoms with Crippen molar-refractivity contribution in [1.29, 1.82) is 0 Å². The van der Waals surface area contributed by atoms with E-state index in [-0.39, 0.29) is 12.0 Å². The van der Waals surface area contributed by atoms with Crippen molar-refractivity contribution in [2.75, 3.05) is 18.4 Å². The van der Waals surface area contributed by atoms with Crippen molar-refractivity contribution >= 4 is 29.6 Å². The maximum absolute atomic E-state index is 15.3. The van der Waals surface area contributed by atoms with Gasteiger partial charge in [0, 0.05) is 30.3 Å². The quantitative estimate of drug-likeness (QED) is 0.105. The number of hydrogen-bond donors (Lipinski definition) is 4. The molecule has 1 aromatic heterocycles. The Morgan fingerprint density at radius 3 is 2.42 bits per heavy atom. The van der Waals surface area contributed by atoms with Gasteiger partial charge < -0.3 is 25.8 Å². The molecule has 4 N–H and O–H groups in total. The first-order valence-electron chi connectivity index (χ1n) is 13.0. The number of rotatable bonds is 12. The molecule has 0 aliphatic rings. The number of phenols is 1. The van der Waals surface area contributed by atoms with Crippen LogP contribution in [0.4, 0.5) is 23.4 Å². The van der Waals surface area contributed by atoms with Crippen molar-refractivity contribution in [3.8, 4) is 16.9 Å². The Morgan fingerprint density at radius 1 is 1.02 bits per heavy atom. The lowest BCUT2D eigenvalue weighted by Crippen LogP contribution is -2.40. The van der Waals surface area contributed by atoms with Gasteiger partial charge in [0.2, 0.25) is 11.8 Å². The number of benzene rings is 2. The molecule has 1 atom stereocenters. The average molecular weight is 605 g/mol. The minimum absolute atomic E-state index is 0.0326. The zero-order valence-corrected chi connectivity index (χ0v) is 22.8. The molecule has 14 heteroatoms. The molecule has 0 fully saturated rings. The Bertz CT molecular complexity index is 1470. The van der Waals surface area contributed by atoms with Gasteiger partial charge in [-0.05, 0) is 36.6 Å². The third kappa shape index (κ3) is 9.80. The molecule has 0 saturated heterocycles. The maximum Gasteiger partial charge on any atom is 0.491 e. The number of anilines is 1. The van der Waals surface area contributed by atoms with Crippen molar-refractivity contribution in [3.05, 3.63) is 77.7 Å². The van der Waals surface area contributed by atoms with Gasteiger partial charge in [-0.1, -0.05) is 42.5 Å². The zero-order valence-electron chi connectivity index (χ0n) is 22.8. The Balaban J connectivity index is 1.65. The van der Waals surface area contributed by atoms with Crippen molar-refractivity contribution in [2.24, 2.45) is 0 Å². The summed E-state index contributed by atoms with van der Waals surface area (Å²) in [4.78, 5) is 52.1. The molecule has 10 nitrogen and oxygen atoms in total. The van der Waals surface area contributed by atoms with Crippen molar-refractivity contribution < 1.29 is 46.6 Å². The highest BCUT2D eigenvalue weighted by atomic mass is 19.4. The SMILES string of the molecule is Cc1ccnc(NCCCC(=O)NCC(=O)NC(CC(=O)OC(=O)C(F)(F)F)c2ccc(-c3ccccc3)c(O)c2F)c1. The molecule has 0 spiro atoms. The summed E-state index contributed by atoms with van der Waals surface area (Å²) in [7, 11) is 0. The second kappa shape index (κ2) is 14.8. The molecule has 2 amide bonds. The minimum atomic E-state index is -5.47. The normalized spacial score (nSPS) is 11.7. The third-order valence-electron chi connectivity index (χ3n) is 6.00. The number of phenolic OH excluding ortho intramolecular Hbond substituents is 1. The van der Waals surface area contributed by atoms with Gasteiger partial charge in [-0.25, -0.2) is 14.2 Å². The number of nitrogens with one attached hydrogen (secondary N) is 3. The van der Waals surface area contributed by atoms with Crippen molar-refractivity contribution in [2.45, 2.75) is 38.4 Å². The van der Waals surface area contributed by atoms with E-state index < -0.39 is 66.1 Å². The highest BCUT2D eigenvalue weighted by Gasteiger charge is 2.42. The van der Waals surface area contributed by atoms with Gasteiger partial charge in [-0.15, -0.1) is 0 Å². The van der Waals surface area contributed by atoms with E-state index in [1.807, 2.05) is 19.1 Å². The maximum atomic E-state index is 15.3. The van der Waals surface area contributed by atoms with E-state index in [0.29, 0.717) is 24.3 Å². The Hall–Kier alpha value is -5.01. The van der Waals surface area contributed by atoms with Crippen LogP contribution in [0.2, 0.25) is 0 Å². The van der Waals surface area contributed by atoms with Crippen LogP contribution in [0.25, 0.3) is 11.1 Å². The molecular weight excluding hydrogens is 576 g/mol. The number of carbonyl (C=O) groups is 4. The summed E-state index contributed by atoms with van der Waals surface area (Å²) in [5.74, 6) is -7.40. The van der Waals surface area contributed by atoms with Crippen molar-refractivity contribution in [3.63, 3.8) is 0 Å². The highest BCUT2D eigenvalue weighted by molar-refractivity contribution is 5.89. The monoisotopic (exact) mass is 604 g/mol. The van der Waals surface area contributed by atoms with Gasteiger partial charge in [-0.3, -0.25) is 14.4 Å². The van der Waals surface area contributed by atoms with E-state index in [1.165, 1.54) is 6.07 Å². The van der Waals surface area contributed by atoms with E-state index in [9.17, 15) is 37.5 Å². The minimum Gasteiger partial charge on any atom is -0.504 e. The Kier molecular flexibility index (Phi) is 11.2. The molecule has 0 radical (unpaired) electrons. The van der Waals surface area contributed by atoms with Crippen LogP contribution in [-0.2, 0) is 23.9 Å². The first-order valence-corrected chi connectivity index (χ1v) is 13.0. The third-order valence-corrected chi connectivity index (χ3v) is 6.00. The molecule has 3 aromatic rings. The predicted molar refractivity (Wildman–Crippen MR) is 146 cm³/mol. The van der Waals surface area contributed by atoms with Crippen LogP contribution >= 0.6 is 0 Å². The molecule has 43 heavy (non-hydrogen) atoms. The Labute approximate surface area is 243 Å². The summed E-state index contributed by atoms with van der Waals surface area (Å²) in [6, 6.07) is 12.6. The first kappa shape index (κ1) is 32.5. The lowest BCUT2D eigenvalue weighted by atomic mass is 9.97. The van der Waals surface area contributed by atoms with Gasteiger partial charge in [-0.2, -0.15) is 13.2 Å². The number of nitrogens with zero attached hydrogens (tertiary/aromatic N) is 1. The number of esters is 2. The van der Waals surface area contributed by atoms with Crippen molar-refractivity contribution in [1.82, 2.24) is 15.6 Å². The summed E-state index contributed by atoms with van der Waals surface area (Å²) in [6.07, 6.45) is -4.50. The number of halogens is 4. The second-order valence-corrected chi connectivity index (χ2v) is 9.34. The molecule has 1 heterocycles. The van der Waals surface area contributed by atoms with Gasteiger partial charge in [0.1, 0.15) is 5.82 Å². The Morgan fingerprint density at radius 2 is 1.74 bits per heavy atom. The molecule has 0 aliphatic carbocycles. The van der Waals surface area contributed by atoms with E-state index >= 15 is 4.39 Å². The fourth-order valence-corrected chi connectivity index (χ4v) is 3.92. The van der Waals surface area contributed by atoms with Crippen LogP contribution in [0.1, 0.15) is 36.4 Å². The average Bonchev–Trinajstić information content (AvgIpc) is 2.95. The molecule has 2 aromatic carbocycles. The van der Waals surface area contributed by atoms with Gasteiger partial charge in [0.05, 0.1) is 19.0 Å². The molecule has 0 aliphatic heterocycles. The summed E-state index contributed by atoms with van der Waals surface area (Å²) in [5, 5.41) is 18.1. The summed E-state index contributed by atoms with van der Waals surface area (Å²) in [6.45, 7) is 1.70. The van der Waals surface area contributed by atoms with E-state index in [0.717, 1.165) is 11.6 Å². The van der Waals surface area contributed by atoms with Crippen LogP contribution < -0.4 is 16.0 Å². The van der Waals surface area contributed by atoms with E-state index in [2.05, 4.69) is 25.7 Å². The number of carbonyl (C=O) groups excluding carboxylic acids is 4. The fourth-order valence-electron chi connectivity index (χ4n) is 3.92. The van der Waals surface area contributed by atoms with Crippen LogP contribution in [0.3, 0.4) is 0 Å². The number of pyridine rings is 1. The lowest BCUT2D eigenvalue weighted by molar-refractivity contribution is -0.202.